The Balaban J connectivity index is 1.71. The van der Waals surface area contributed by atoms with Gasteiger partial charge in [-0.3, -0.25) is 4.79 Å². The Labute approximate surface area is 141 Å². The van der Waals surface area contributed by atoms with Crippen LogP contribution in [0.25, 0.3) is 11.5 Å². The van der Waals surface area contributed by atoms with Crippen molar-refractivity contribution < 1.29 is 13.9 Å². The normalized spacial score (nSPS) is 16.8. The zero-order valence-corrected chi connectivity index (χ0v) is 14.0. The molecule has 0 radical (unpaired) electrons. The third-order valence-electron chi connectivity index (χ3n) is 4.48. The molecule has 1 aromatic heterocycles. The maximum Gasteiger partial charge on any atom is 0.241 e. The molecule has 0 aliphatic carbocycles. The minimum absolute atomic E-state index is 0.166. The lowest BCUT2D eigenvalue weighted by Crippen LogP contribution is -2.44. The summed E-state index contributed by atoms with van der Waals surface area (Å²) in [6, 6.07) is 6.92. The number of nitrogens with zero attached hydrogens (tertiary/aromatic N) is 1. The van der Waals surface area contributed by atoms with Crippen LogP contribution >= 0.6 is 0 Å². The van der Waals surface area contributed by atoms with Crippen molar-refractivity contribution in [3.63, 3.8) is 0 Å². The summed E-state index contributed by atoms with van der Waals surface area (Å²) in [6.07, 6.45) is 1.65. The average molecular weight is 329 g/mol. The van der Waals surface area contributed by atoms with E-state index >= 15 is 0 Å². The summed E-state index contributed by atoms with van der Waals surface area (Å²) in [5.74, 6) is 1.34. The van der Waals surface area contributed by atoms with Crippen LogP contribution in [0.5, 0.6) is 0 Å². The standard InChI is InChI=1S/C18H23N3O3/c1-11-12(2)24-18(20-11)14-4-3-5-15(10-14)21-17(22)16(19)13-6-8-23-9-7-13/h3-5,10,13,16H,6-9,19H2,1-2H3,(H,21,22). The van der Waals surface area contributed by atoms with Crippen molar-refractivity contribution in [2.75, 3.05) is 18.5 Å². The minimum Gasteiger partial charge on any atom is -0.441 e. The average Bonchev–Trinajstić information content (AvgIpc) is 2.94. The highest BCUT2D eigenvalue weighted by molar-refractivity contribution is 5.95. The molecule has 128 valence electrons. The quantitative estimate of drug-likeness (QED) is 0.900. The first-order valence-electron chi connectivity index (χ1n) is 8.23. The van der Waals surface area contributed by atoms with Crippen LogP contribution in [0.1, 0.15) is 24.3 Å². The first kappa shape index (κ1) is 16.7. The number of aromatic nitrogens is 1. The number of amides is 1. The van der Waals surface area contributed by atoms with Gasteiger partial charge in [-0.2, -0.15) is 0 Å². The predicted octanol–water partition coefficient (Wildman–Crippen LogP) is 2.65. The monoisotopic (exact) mass is 329 g/mol. The van der Waals surface area contributed by atoms with Crippen molar-refractivity contribution in [1.29, 1.82) is 0 Å². The van der Waals surface area contributed by atoms with Crippen molar-refractivity contribution >= 4 is 11.6 Å². The highest BCUT2D eigenvalue weighted by Gasteiger charge is 2.26. The van der Waals surface area contributed by atoms with Crippen molar-refractivity contribution in [1.82, 2.24) is 4.98 Å². The van der Waals surface area contributed by atoms with E-state index in [9.17, 15) is 4.79 Å². The number of carbonyl (C=O) groups excluding carboxylic acids is 1. The molecular formula is C18H23N3O3. The number of hydrogen-bond acceptors (Lipinski definition) is 5. The van der Waals surface area contributed by atoms with Gasteiger partial charge in [-0.15, -0.1) is 0 Å². The second kappa shape index (κ2) is 7.15. The molecule has 2 aromatic rings. The summed E-state index contributed by atoms with van der Waals surface area (Å²) in [6.45, 7) is 5.12. The van der Waals surface area contributed by atoms with Crippen LogP contribution in [-0.4, -0.2) is 30.1 Å². The lowest BCUT2D eigenvalue weighted by atomic mass is 9.92. The van der Waals surface area contributed by atoms with Crippen LogP contribution in [0.15, 0.2) is 28.7 Å². The Hall–Kier alpha value is -2.18. The van der Waals surface area contributed by atoms with Crippen LogP contribution in [-0.2, 0) is 9.53 Å². The molecule has 1 aromatic carbocycles. The molecule has 1 unspecified atom stereocenters. The van der Waals surface area contributed by atoms with Gasteiger partial charge >= 0.3 is 0 Å². The van der Waals surface area contributed by atoms with E-state index in [4.69, 9.17) is 14.9 Å². The Morgan fingerprint density at radius 3 is 2.75 bits per heavy atom. The van der Waals surface area contributed by atoms with Crippen molar-refractivity contribution in [2.24, 2.45) is 11.7 Å². The van der Waals surface area contributed by atoms with Gasteiger partial charge in [0, 0.05) is 24.5 Å². The maximum absolute atomic E-state index is 12.4. The fourth-order valence-corrected chi connectivity index (χ4v) is 2.84. The molecule has 6 heteroatoms. The number of oxazole rings is 1. The largest absolute Gasteiger partial charge is 0.441 e. The summed E-state index contributed by atoms with van der Waals surface area (Å²) in [7, 11) is 0. The molecule has 3 rings (SSSR count). The second-order valence-corrected chi connectivity index (χ2v) is 6.21. The summed E-state index contributed by atoms with van der Waals surface area (Å²) in [5.41, 5.74) is 8.49. The highest BCUT2D eigenvalue weighted by Crippen LogP contribution is 2.25. The number of nitrogens with one attached hydrogen (secondary N) is 1. The van der Waals surface area contributed by atoms with Crippen LogP contribution in [0.4, 0.5) is 5.69 Å². The van der Waals surface area contributed by atoms with Crippen LogP contribution < -0.4 is 11.1 Å². The molecule has 3 N–H and O–H groups in total. The maximum atomic E-state index is 12.4. The summed E-state index contributed by atoms with van der Waals surface area (Å²) < 4.78 is 11.0. The minimum atomic E-state index is -0.524. The van der Waals surface area contributed by atoms with Crippen molar-refractivity contribution in [3.8, 4) is 11.5 Å². The van der Waals surface area contributed by atoms with E-state index in [1.807, 2.05) is 38.1 Å². The van der Waals surface area contributed by atoms with Gasteiger partial charge in [-0.25, -0.2) is 4.98 Å². The molecule has 1 aliphatic heterocycles. The molecule has 1 saturated heterocycles. The number of hydrogen-bond donors (Lipinski definition) is 2. The van der Waals surface area contributed by atoms with E-state index in [2.05, 4.69) is 10.3 Å². The molecule has 6 nitrogen and oxygen atoms in total. The van der Waals surface area contributed by atoms with E-state index in [0.29, 0.717) is 24.8 Å². The van der Waals surface area contributed by atoms with E-state index in [-0.39, 0.29) is 11.8 Å². The Kier molecular flexibility index (Phi) is 4.97. The van der Waals surface area contributed by atoms with Gasteiger partial charge in [0.1, 0.15) is 5.76 Å². The zero-order valence-electron chi connectivity index (χ0n) is 14.0. The highest BCUT2D eigenvalue weighted by atomic mass is 16.5. The van der Waals surface area contributed by atoms with Crippen LogP contribution in [0, 0.1) is 19.8 Å². The number of rotatable bonds is 4. The van der Waals surface area contributed by atoms with Crippen molar-refractivity contribution in [2.45, 2.75) is 32.7 Å². The summed E-state index contributed by atoms with van der Waals surface area (Å²) in [5, 5.41) is 2.90. The molecule has 1 aliphatic rings. The van der Waals surface area contributed by atoms with E-state index in [0.717, 1.165) is 29.9 Å². The number of ether oxygens (including phenoxy) is 1. The number of benzene rings is 1. The summed E-state index contributed by atoms with van der Waals surface area (Å²) >= 11 is 0. The topological polar surface area (TPSA) is 90.4 Å². The molecule has 1 fully saturated rings. The number of anilines is 1. The molecular weight excluding hydrogens is 306 g/mol. The predicted molar refractivity (Wildman–Crippen MR) is 91.6 cm³/mol. The smallest absolute Gasteiger partial charge is 0.241 e. The number of carbonyl (C=O) groups is 1. The van der Waals surface area contributed by atoms with E-state index in [1.54, 1.807) is 0 Å². The van der Waals surface area contributed by atoms with Gasteiger partial charge in [0.2, 0.25) is 11.8 Å². The van der Waals surface area contributed by atoms with E-state index in [1.165, 1.54) is 0 Å². The second-order valence-electron chi connectivity index (χ2n) is 6.21. The van der Waals surface area contributed by atoms with Gasteiger partial charge in [0.15, 0.2) is 0 Å². The van der Waals surface area contributed by atoms with Crippen LogP contribution in [0.3, 0.4) is 0 Å². The Morgan fingerprint density at radius 2 is 2.08 bits per heavy atom. The first-order chi connectivity index (χ1) is 11.5. The molecule has 24 heavy (non-hydrogen) atoms. The van der Waals surface area contributed by atoms with Crippen molar-refractivity contribution in [3.05, 3.63) is 35.7 Å². The van der Waals surface area contributed by atoms with Gasteiger partial charge in [-0.1, -0.05) is 6.07 Å². The fraction of sp³-hybridized carbons (Fsp3) is 0.444. The molecule has 1 atom stereocenters. The zero-order chi connectivity index (χ0) is 17.1. The Bertz CT molecular complexity index is 701. The van der Waals surface area contributed by atoms with Gasteiger partial charge in [0.25, 0.3) is 0 Å². The molecule has 1 amide bonds. The SMILES string of the molecule is Cc1nc(-c2cccc(NC(=O)C(N)C3CCOCC3)c2)oc1C. The lowest BCUT2D eigenvalue weighted by Gasteiger charge is -2.26. The van der Waals surface area contributed by atoms with Gasteiger partial charge in [0.05, 0.1) is 11.7 Å². The van der Waals surface area contributed by atoms with Gasteiger partial charge in [-0.05, 0) is 50.8 Å². The van der Waals surface area contributed by atoms with Gasteiger partial charge < -0.3 is 20.2 Å². The van der Waals surface area contributed by atoms with E-state index < -0.39 is 6.04 Å². The number of nitrogens with two attached hydrogens (primary N) is 1. The Morgan fingerprint density at radius 1 is 1.33 bits per heavy atom. The molecule has 0 bridgehead atoms. The molecule has 0 spiro atoms. The summed E-state index contributed by atoms with van der Waals surface area (Å²) in [4.78, 5) is 16.8. The fourth-order valence-electron chi connectivity index (χ4n) is 2.84. The number of aryl methyl sites for hydroxylation is 2. The first-order valence-corrected chi connectivity index (χ1v) is 8.23. The molecule has 0 saturated carbocycles. The third kappa shape index (κ3) is 3.66. The lowest BCUT2D eigenvalue weighted by molar-refractivity contribution is -0.119. The third-order valence-corrected chi connectivity index (χ3v) is 4.48. The molecule has 2 heterocycles. The van der Waals surface area contributed by atoms with Crippen LogP contribution in [0.2, 0.25) is 0 Å².